The number of rotatable bonds is 9. The van der Waals surface area contributed by atoms with Gasteiger partial charge in [0, 0.05) is 31.4 Å². The Morgan fingerprint density at radius 2 is 1.82 bits per heavy atom. The van der Waals surface area contributed by atoms with Gasteiger partial charge in [0.15, 0.2) is 0 Å². The quantitative estimate of drug-likeness (QED) is 0.353. The number of aromatic amines is 1. The van der Waals surface area contributed by atoms with Gasteiger partial charge in [-0.25, -0.2) is 4.98 Å². The van der Waals surface area contributed by atoms with Crippen LogP contribution in [0.4, 0.5) is 0 Å². The van der Waals surface area contributed by atoms with E-state index in [2.05, 4.69) is 20.6 Å². The number of aromatic nitrogens is 3. The lowest BCUT2D eigenvalue weighted by Crippen LogP contribution is -2.36. The summed E-state index contributed by atoms with van der Waals surface area (Å²) in [4.78, 5) is 46.4. The number of pyridine rings is 1. The minimum atomic E-state index is -0.613. The Hall–Kier alpha value is -4.14. The number of carbonyl (C=O) groups excluding carboxylic acids is 2. The number of benzene rings is 1. The Bertz CT molecular complexity index is 1320. The number of carbonyl (C=O) groups is 2. The molecule has 3 N–H and O–H groups in total. The number of para-hydroxylation sites is 2. The van der Waals surface area contributed by atoms with Crippen LogP contribution < -0.4 is 16.1 Å². The van der Waals surface area contributed by atoms with Crippen LogP contribution in [-0.4, -0.2) is 32.9 Å². The molecule has 34 heavy (non-hydrogen) atoms. The molecule has 0 spiro atoms. The van der Waals surface area contributed by atoms with Crippen LogP contribution in [0.15, 0.2) is 64.3 Å². The number of H-pyrrole nitrogens is 1. The van der Waals surface area contributed by atoms with Gasteiger partial charge < -0.3 is 24.6 Å². The highest BCUT2D eigenvalue weighted by atomic mass is 16.3. The third kappa shape index (κ3) is 5.09. The number of amides is 2. The Labute approximate surface area is 196 Å². The largest absolute Gasteiger partial charge is 0.467 e. The smallest absolute Gasteiger partial charge is 0.257 e. The first-order valence-electron chi connectivity index (χ1n) is 11.2. The summed E-state index contributed by atoms with van der Waals surface area (Å²) in [6.07, 6.45) is 5.76. The third-order valence-electron chi connectivity index (χ3n) is 5.72. The third-order valence-corrected chi connectivity index (χ3v) is 5.72. The zero-order chi connectivity index (χ0) is 24.1. The molecule has 0 bridgehead atoms. The first-order chi connectivity index (χ1) is 16.5. The first-order valence-corrected chi connectivity index (χ1v) is 11.2. The van der Waals surface area contributed by atoms with Gasteiger partial charge in [0.1, 0.15) is 22.7 Å². The minimum Gasteiger partial charge on any atom is -0.467 e. The SMILES string of the molecule is CCC(C)n1cc(C(=O)NCCc2nc3ccccc3[nH]2)c(=O)c(C(=O)NCc2ccco2)c1. The number of hydrogen-bond acceptors (Lipinski definition) is 5. The van der Waals surface area contributed by atoms with E-state index in [9.17, 15) is 14.4 Å². The van der Waals surface area contributed by atoms with Gasteiger partial charge in [0.25, 0.3) is 11.8 Å². The van der Waals surface area contributed by atoms with Gasteiger partial charge in [-0.15, -0.1) is 0 Å². The van der Waals surface area contributed by atoms with E-state index < -0.39 is 17.2 Å². The number of furan rings is 1. The second-order valence-electron chi connectivity index (χ2n) is 8.09. The molecule has 4 aromatic rings. The summed E-state index contributed by atoms with van der Waals surface area (Å²) >= 11 is 0. The van der Waals surface area contributed by atoms with Crippen molar-refractivity contribution in [3.8, 4) is 0 Å². The molecule has 1 atom stereocenters. The average Bonchev–Trinajstić information content (AvgIpc) is 3.51. The van der Waals surface area contributed by atoms with Gasteiger partial charge in [-0.3, -0.25) is 14.4 Å². The van der Waals surface area contributed by atoms with Crippen LogP contribution in [0.1, 0.15) is 58.6 Å². The molecule has 9 heteroatoms. The molecule has 1 unspecified atom stereocenters. The fraction of sp³-hybridized carbons (Fsp3) is 0.280. The maximum Gasteiger partial charge on any atom is 0.257 e. The molecule has 1 aromatic carbocycles. The molecule has 0 saturated heterocycles. The van der Waals surface area contributed by atoms with Crippen molar-refractivity contribution in [1.29, 1.82) is 0 Å². The zero-order valence-electron chi connectivity index (χ0n) is 19.1. The summed E-state index contributed by atoms with van der Waals surface area (Å²) in [5, 5.41) is 5.46. The van der Waals surface area contributed by atoms with E-state index in [1.54, 1.807) is 16.7 Å². The first kappa shape index (κ1) is 23.0. The van der Waals surface area contributed by atoms with Crippen LogP contribution in [0, 0.1) is 0 Å². The summed E-state index contributed by atoms with van der Waals surface area (Å²) in [6.45, 7) is 4.38. The topological polar surface area (TPSA) is 122 Å². The van der Waals surface area contributed by atoms with Gasteiger partial charge in [0.2, 0.25) is 5.43 Å². The van der Waals surface area contributed by atoms with Crippen molar-refractivity contribution in [3.05, 3.63) is 88.0 Å². The highest BCUT2D eigenvalue weighted by Gasteiger charge is 2.20. The molecular weight excluding hydrogens is 434 g/mol. The Kier molecular flexibility index (Phi) is 6.91. The van der Waals surface area contributed by atoms with Crippen molar-refractivity contribution in [2.24, 2.45) is 0 Å². The highest BCUT2D eigenvalue weighted by Crippen LogP contribution is 2.12. The molecule has 0 fully saturated rings. The maximum absolute atomic E-state index is 13.0. The Morgan fingerprint density at radius 3 is 2.50 bits per heavy atom. The number of nitrogens with zero attached hydrogens (tertiary/aromatic N) is 2. The van der Waals surface area contributed by atoms with Crippen LogP contribution >= 0.6 is 0 Å². The second-order valence-corrected chi connectivity index (χ2v) is 8.09. The summed E-state index contributed by atoms with van der Waals surface area (Å²) in [5.41, 5.74) is 1.01. The Morgan fingerprint density at radius 1 is 1.09 bits per heavy atom. The van der Waals surface area contributed by atoms with Crippen molar-refractivity contribution in [1.82, 2.24) is 25.2 Å². The van der Waals surface area contributed by atoms with Crippen LogP contribution in [0.25, 0.3) is 11.0 Å². The molecule has 176 valence electrons. The fourth-order valence-electron chi connectivity index (χ4n) is 3.58. The molecule has 2 amide bonds. The Balaban J connectivity index is 1.50. The van der Waals surface area contributed by atoms with Crippen molar-refractivity contribution in [2.45, 2.75) is 39.3 Å². The molecule has 0 aliphatic rings. The molecule has 3 aromatic heterocycles. The summed E-state index contributed by atoms with van der Waals surface area (Å²) in [6, 6.07) is 11.1. The average molecular weight is 462 g/mol. The highest BCUT2D eigenvalue weighted by molar-refractivity contribution is 5.99. The van der Waals surface area contributed by atoms with Gasteiger partial charge >= 0.3 is 0 Å². The van der Waals surface area contributed by atoms with Crippen LogP contribution in [0.5, 0.6) is 0 Å². The molecule has 0 radical (unpaired) electrons. The second kappa shape index (κ2) is 10.2. The van der Waals surface area contributed by atoms with Crippen molar-refractivity contribution >= 4 is 22.8 Å². The molecule has 4 rings (SSSR count). The lowest BCUT2D eigenvalue weighted by Gasteiger charge is -2.17. The normalized spacial score (nSPS) is 11.9. The van der Waals surface area contributed by atoms with Crippen LogP contribution in [0.3, 0.4) is 0 Å². The zero-order valence-corrected chi connectivity index (χ0v) is 19.1. The van der Waals surface area contributed by atoms with Crippen molar-refractivity contribution < 1.29 is 14.0 Å². The maximum atomic E-state index is 13.0. The van der Waals surface area contributed by atoms with Crippen LogP contribution in [0.2, 0.25) is 0 Å². The summed E-state index contributed by atoms with van der Waals surface area (Å²) in [7, 11) is 0. The van der Waals surface area contributed by atoms with E-state index in [4.69, 9.17) is 4.42 Å². The molecule has 0 aliphatic carbocycles. The summed E-state index contributed by atoms with van der Waals surface area (Å²) < 4.78 is 6.95. The van der Waals surface area contributed by atoms with Crippen molar-refractivity contribution in [3.63, 3.8) is 0 Å². The van der Waals surface area contributed by atoms with E-state index in [-0.39, 0.29) is 30.3 Å². The predicted molar refractivity (Wildman–Crippen MR) is 128 cm³/mol. The number of imidazole rings is 1. The molecular formula is C25H27N5O4. The molecule has 3 heterocycles. The lowest BCUT2D eigenvalue weighted by molar-refractivity contribution is 0.0945. The molecule has 0 saturated carbocycles. The van der Waals surface area contributed by atoms with Crippen LogP contribution in [-0.2, 0) is 13.0 Å². The van der Waals surface area contributed by atoms with Gasteiger partial charge in [-0.05, 0) is 37.6 Å². The van der Waals surface area contributed by atoms with E-state index in [1.807, 2.05) is 38.1 Å². The van der Waals surface area contributed by atoms with E-state index in [1.165, 1.54) is 18.7 Å². The van der Waals surface area contributed by atoms with Gasteiger partial charge in [-0.1, -0.05) is 19.1 Å². The number of fused-ring (bicyclic) bond motifs is 1. The molecule has 9 nitrogen and oxygen atoms in total. The van der Waals surface area contributed by atoms with Crippen molar-refractivity contribution in [2.75, 3.05) is 6.54 Å². The lowest BCUT2D eigenvalue weighted by atomic mass is 10.1. The van der Waals surface area contributed by atoms with E-state index in [0.717, 1.165) is 23.3 Å². The summed E-state index contributed by atoms with van der Waals surface area (Å²) in [5.74, 6) is 0.217. The van der Waals surface area contributed by atoms with E-state index in [0.29, 0.717) is 12.2 Å². The van der Waals surface area contributed by atoms with Gasteiger partial charge in [0.05, 0.1) is 23.8 Å². The molecule has 0 aliphatic heterocycles. The standard InChI is InChI=1S/C25H27N5O4/c1-3-16(2)30-14-18(23(31)19(15-30)25(33)27-13-17-7-6-12-34-17)24(32)26-11-10-22-28-20-8-4-5-9-21(20)29-22/h4-9,12,14-16H,3,10-11,13H2,1-2H3,(H,26,32)(H,27,33)(H,28,29). The van der Waals surface area contributed by atoms with E-state index >= 15 is 0 Å². The fourth-order valence-corrected chi connectivity index (χ4v) is 3.58. The van der Waals surface area contributed by atoms with Gasteiger partial charge in [-0.2, -0.15) is 0 Å². The predicted octanol–water partition coefficient (Wildman–Crippen LogP) is 3.19. The number of nitrogens with one attached hydrogen (secondary N) is 3. The number of hydrogen-bond donors (Lipinski definition) is 3. The monoisotopic (exact) mass is 461 g/mol. The minimum absolute atomic E-state index is 0.000628.